The molecule has 0 bridgehead atoms. The molecule has 1 N–H and O–H groups in total. The van der Waals surface area contributed by atoms with Gasteiger partial charge in [0.1, 0.15) is 10.7 Å². The molecule has 7 heteroatoms. The summed E-state index contributed by atoms with van der Waals surface area (Å²) >= 11 is 3.79. The molecule has 0 atom stereocenters. The molecule has 3 rings (SSSR count). The van der Waals surface area contributed by atoms with E-state index in [1.807, 2.05) is 30.5 Å². The Morgan fingerprint density at radius 3 is 2.96 bits per heavy atom. The van der Waals surface area contributed by atoms with Gasteiger partial charge < -0.3 is 10.1 Å². The van der Waals surface area contributed by atoms with E-state index in [0.29, 0.717) is 5.69 Å². The molecule has 1 aromatic heterocycles. The molecule has 1 aliphatic rings. The number of anilines is 1. The van der Waals surface area contributed by atoms with Crippen molar-refractivity contribution in [2.75, 3.05) is 31.6 Å². The normalized spacial score (nSPS) is 15.6. The molecule has 23 heavy (non-hydrogen) atoms. The van der Waals surface area contributed by atoms with E-state index in [0.717, 1.165) is 52.7 Å². The summed E-state index contributed by atoms with van der Waals surface area (Å²) in [6, 6.07) is 5.95. The number of nitrogens with one attached hydrogen (secondary N) is 1. The van der Waals surface area contributed by atoms with E-state index in [2.05, 4.69) is 37.8 Å². The van der Waals surface area contributed by atoms with Crippen molar-refractivity contribution in [3.63, 3.8) is 0 Å². The zero-order valence-electron chi connectivity index (χ0n) is 12.8. The minimum atomic E-state index is -0.154. The minimum Gasteiger partial charge on any atom is -0.379 e. The molecule has 0 aliphatic carbocycles. The molecular formula is C16H18IN3O2S. The molecule has 0 radical (unpaired) electrons. The fraction of sp³-hybridized carbons (Fsp3) is 0.375. The van der Waals surface area contributed by atoms with Gasteiger partial charge in [0.2, 0.25) is 0 Å². The molecule has 1 amide bonds. The lowest BCUT2D eigenvalue weighted by atomic mass is 10.2. The number of benzene rings is 1. The summed E-state index contributed by atoms with van der Waals surface area (Å²) in [5.41, 5.74) is 2.36. The number of rotatable bonds is 4. The van der Waals surface area contributed by atoms with Crippen molar-refractivity contribution < 1.29 is 9.53 Å². The number of aryl methyl sites for hydroxylation is 1. The van der Waals surface area contributed by atoms with Crippen molar-refractivity contribution in [3.8, 4) is 0 Å². The van der Waals surface area contributed by atoms with Crippen LogP contribution in [0.3, 0.4) is 0 Å². The van der Waals surface area contributed by atoms with E-state index in [4.69, 9.17) is 4.74 Å². The van der Waals surface area contributed by atoms with Crippen LogP contribution in [0.5, 0.6) is 0 Å². The molecule has 0 unspecified atom stereocenters. The lowest BCUT2D eigenvalue weighted by molar-refractivity contribution is 0.0341. The van der Waals surface area contributed by atoms with Gasteiger partial charge in [-0.05, 0) is 53.3 Å². The Morgan fingerprint density at radius 1 is 1.43 bits per heavy atom. The molecule has 2 aromatic rings. The van der Waals surface area contributed by atoms with Gasteiger partial charge in [0, 0.05) is 27.7 Å². The van der Waals surface area contributed by atoms with Crippen molar-refractivity contribution in [3.05, 3.63) is 43.4 Å². The quantitative estimate of drug-likeness (QED) is 0.738. The van der Waals surface area contributed by atoms with Gasteiger partial charge in [-0.3, -0.25) is 9.69 Å². The van der Waals surface area contributed by atoms with Gasteiger partial charge in [-0.2, -0.15) is 0 Å². The standard InChI is InChI=1S/C16H18IN3O2S/c1-11-8-12(17)2-3-13(11)19-16(21)14-10-23-15(18-14)9-20-4-6-22-7-5-20/h2-3,8,10H,4-7,9H2,1H3,(H,19,21). The second-order valence-electron chi connectivity index (χ2n) is 5.43. The van der Waals surface area contributed by atoms with E-state index >= 15 is 0 Å². The molecule has 122 valence electrons. The Balaban J connectivity index is 1.63. The van der Waals surface area contributed by atoms with Gasteiger partial charge in [-0.15, -0.1) is 11.3 Å². The first-order valence-electron chi connectivity index (χ1n) is 7.44. The first kappa shape index (κ1) is 16.8. The second kappa shape index (κ2) is 7.69. The zero-order chi connectivity index (χ0) is 16.2. The maximum absolute atomic E-state index is 12.4. The molecule has 1 aliphatic heterocycles. The number of nitrogens with zero attached hydrogens (tertiary/aromatic N) is 2. The lowest BCUT2D eigenvalue weighted by Crippen LogP contribution is -2.35. The number of amides is 1. The van der Waals surface area contributed by atoms with Crippen LogP contribution in [0.1, 0.15) is 21.1 Å². The highest BCUT2D eigenvalue weighted by molar-refractivity contribution is 14.1. The van der Waals surface area contributed by atoms with Crippen LogP contribution >= 0.6 is 33.9 Å². The van der Waals surface area contributed by atoms with E-state index in [1.165, 1.54) is 11.3 Å². The van der Waals surface area contributed by atoms with E-state index in [1.54, 1.807) is 0 Å². The molecule has 1 saturated heterocycles. The number of hydrogen-bond acceptors (Lipinski definition) is 5. The number of thiazole rings is 1. The Kier molecular flexibility index (Phi) is 5.62. The van der Waals surface area contributed by atoms with Crippen LogP contribution in [0, 0.1) is 10.5 Å². The van der Waals surface area contributed by atoms with E-state index in [-0.39, 0.29) is 5.91 Å². The van der Waals surface area contributed by atoms with Gasteiger partial charge in [-0.1, -0.05) is 0 Å². The van der Waals surface area contributed by atoms with Gasteiger partial charge in [0.15, 0.2) is 0 Å². The number of ether oxygens (including phenoxy) is 1. The summed E-state index contributed by atoms with van der Waals surface area (Å²) in [4.78, 5) is 19.1. The highest BCUT2D eigenvalue weighted by Gasteiger charge is 2.16. The van der Waals surface area contributed by atoms with Crippen LogP contribution < -0.4 is 5.32 Å². The number of carbonyl (C=O) groups excluding carboxylic acids is 1. The average Bonchev–Trinajstić information content (AvgIpc) is 3.00. The van der Waals surface area contributed by atoms with Crippen LogP contribution in [0.4, 0.5) is 5.69 Å². The molecule has 0 saturated carbocycles. The largest absolute Gasteiger partial charge is 0.379 e. The third-order valence-corrected chi connectivity index (χ3v) is 5.19. The van der Waals surface area contributed by atoms with Gasteiger partial charge in [-0.25, -0.2) is 4.98 Å². The summed E-state index contributed by atoms with van der Waals surface area (Å²) < 4.78 is 6.50. The first-order chi connectivity index (χ1) is 11.1. The molecule has 1 aromatic carbocycles. The van der Waals surface area contributed by atoms with Gasteiger partial charge in [0.05, 0.1) is 19.8 Å². The Labute approximate surface area is 153 Å². The first-order valence-corrected chi connectivity index (χ1v) is 9.39. The number of hydrogen-bond donors (Lipinski definition) is 1. The predicted molar refractivity (Wildman–Crippen MR) is 100 cm³/mol. The Morgan fingerprint density at radius 2 is 2.22 bits per heavy atom. The molecule has 1 fully saturated rings. The summed E-state index contributed by atoms with van der Waals surface area (Å²) in [7, 11) is 0. The van der Waals surface area contributed by atoms with Crippen LogP contribution in [0.15, 0.2) is 23.6 Å². The predicted octanol–water partition coefficient (Wildman–Crippen LogP) is 3.14. The van der Waals surface area contributed by atoms with Crippen molar-refractivity contribution in [1.82, 2.24) is 9.88 Å². The number of morpholine rings is 1. The Hall–Kier alpha value is -1.03. The van der Waals surface area contributed by atoms with Crippen molar-refractivity contribution in [1.29, 1.82) is 0 Å². The van der Waals surface area contributed by atoms with Crippen molar-refractivity contribution >= 4 is 45.5 Å². The maximum atomic E-state index is 12.4. The summed E-state index contributed by atoms with van der Waals surface area (Å²) in [6.45, 7) is 6.15. The van der Waals surface area contributed by atoms with Crippen molar-refractivity contribution in [2.45, 2.75) is 13.5 Å². The number of carbonyl (C=O) groups is 1. The third kappa shape index (κ3) is 4.50. The highest BCUT2D eigenvalue weighted by atomic mass is 127. The lowest BCUT2D eigenvalue weighted by Gasteiger charge is -2.25. The maximum Gasteiger partial charge on any atom is 0.275 e. The van der Waals surface area contributed by atoms with Crippen molar-refractivity contribution in [2.24, 2.45) is 0 Å². The monoisotopic (exact) mass is 443 g/mol. The van der Waals surface area contributed by atoms with Gasteiger partial charge in [0.25, 0.3) is 5.91 Å². The molecule has 0 spiro atoms. The second-order valence-corrected chi connectivity index (χ2v) is 7.62. The number of aromatic nitrogens is 1. The van der Waals surface area contributed by atoms with Crippen LogP contribution in [-0.4, -0.2) is 42.1 Å². The summed E-state index contributed by atoms with van der Waals surface area (Å²) in [5, 5.41) is 5.73. The molecular weight excluding hydrogens is 425 g/mol. The van der Waals surface area contributed by atoms with E-state index in [9.17, 15) is 4.79 Å². The summed E-state index contributed by atoms with van der Waals surface area (Å²) in [6.07, 6.45) is 0. The molecule has 5 nitrogen and oxygen atoms in total. The minimum absolute atomic E-state index is 0.154. The third-order valence-electron chi connectivity index (χ3n) is 3.68. The van der Waals surface area contributed by atoms with Gasteiger partial charge >= 0.3 is 0 Å². The fourth-order valence-electron chi connectivity index (χ4n) is 2.39. The molecule has 2 heterocycles. The zero-order valence-corrected chi connectivity index (χ0v) is 15.8. The smallest absolute Gasteiger partial charge is 0.275 e. The SMILES string of the molecule is Cc1cc(I)ccc1NC(=O)c1csc(CN2CCOCC2)n1. The highest BCUT2D eigenvalue weighted by Crippen LogP contribution is 2.19. The Bertz CT molecular complexity index is 698. The van der Waals surface area contributed by atoms with Crippen LogP contribution in [0.25, 0.3) is 0 Å². The van der Waals surface area contributed by atoms with Crippen LogP contribution in [-0.2, 0) is 11.3 Å². The average molecular weight is 443 g/mol. The number of halogens is 1. The topological polar surface area (TPSA) is 54.5 Å². The van der Waals surface area contributed by atoms with Crippen LogP contribution in [0.2, 0.25) is 0 Å². The fourth-order valence-corrected chi connectivity index (χ4v) is 3.85. The van der Waals surface area contributed by atoms with E-state index < -0.39 is 0 Å². The summed E-state index contributed by atoms with van der Waals surface area (Å²) in [5.74, 6) is -0.154.